The summed E-state index contributed by atoms with van der Waals surface area (Å²) in [5.41, 5.74) is 5.12. The number of hydrogen-bond donors (Lipinski definition) is 3. The molecule has 3 heterocycles. The molecule has 196 valence electrons. The van der Waals surface area contributed by atoms with Crippen LogP contribution in [0.2, 0.25) is 0 Å². The predicted octanol–water partition coefficient (Wildman–Crippen LogP) is 4.68. The van der Waals surface area contributed by atoms with E-state index in [4.69, 9.17) is 0 Å². The number of amides is 3. The third-order valence-corrected chi connectivity index (χ3v) is 6.67. The van der Waals surface area contributed by atoms with Gasteiger partial charge in [0.2, 0.25) is 0 Å². The van der Waals surface area contributed by atoms with E-state index in [2.05, 4.69) is 31.0 Å². The fourth-order valence-electron chi connectivity index (χ4n) is 4.57. The first-order valence-electron chi connectivity index (χ1n) is 12.8. The lowest BCUT2D eigenvalue weighted by molar-refractivity contribution is 0.102. The maximum absolute atomic E-state index is 13.0. The second-order valence-corrected chi connectivity index (χ2v) is 9.54. The quantitative estimate of drug-likeness (QED) is 0.318. The summed E-state index contributed by atoms with van der Waals surface area (Å²) in [5, 5.41) is 17.4. The third-order valence-electron chi connectivity index (χ3n) is 6.67. The molecule has 0 spiro atoms. The van der Waals surface area contributed by atoms with Gasteiger partial charge in [0.1, 0.15) is 0 Å². The molecule has 1 aliphatic rings. The summed E-state index contributed by atoms with van der Waals surface area (Å²) in [7, 11) is 0. The number of carbonyl (C=O) groups is 2. The topological polar surface area (TPSA) is 109 Å². The van der Waals surface area contributed by atoms with Gasteiger partial charge in [0, 0.05) is 17.8 Å². The Morgan fingerprint density at radius 3 is 2.47 bits per heavy atom. The van der Waals surface area contributed by atoms with Crippen molar-refractivity contribution in [2.75, 3.05) is 35.6 Å². The molecule has 0 unspecified atom stereocenters. The first-order chi connectivity index (χ1) is 18.4. The lowest BCUT2D eigenvalue weighted by atomic mass is 10.2. The number of nitrogens with one attached hydrogen (secondary N) is 3. The third kappa shape index (κ3) is 6.09. The minimum absolute atomic E-state index is 0.225. The first-order valence-corrected chi connectivity index (χ1v) is 12.8. The number of urea groups is 1. The fourth-order valence-corrected chi connectivity index (χ4v) is 4.57. The van der Waals surface area contributed by atoms with Crippen LogP contribution in [-0.2, 0) is 6.54 Å². The van der Waals surface area contributed by atoms with Crippen LogP contribution >= 0.6 is 0 Å². The van der Waals surface area contributed by atoms with Crippen LogP contribution in [0.4, 0.5) is 21.9 Å². The molecule has 2 aromatic carbocycles. The summed E-state index contributed by atoms with van der Waals surface area (Å²) in [6, 6.07) is 14.4. The molecule has 10 nitrogen and oxygen atoms in total. The van der Waals surface area contributed by atoms with Gasteiger partial charge >= 0.3 is 6.03 Å². The van der Waals surface area contributed by atoms with Crippen LogP contribution in [0.5, 0.6) is 0 Å². The lowest BCUT2D eigenvalue weighted by Gasteiger charge is -2.15. The van der Waals surface area contributed by atoms with Crippen LogP contribution in [0.1, 0.15) is 34.5 Å². The van der Waals surface area contributed by atoms with Crippen LogP contribution in [0.15, 0.2) is 67.1 Å². The number of aryl methyl sites for hydroxylation is 1. The molecule has 0 aliphatic carbocycles. The molecular weight excluding hydrogens is 480 g/mol. The molecule has 38 heavy (non-hydrogen) atoms. The van der Waals surface area contributed by atoms with Crippen LogP contribution in [0.25, 0.3) is 5.69 Å². The zero-order valence-electron chi connectivity index (χ0n) is 21.6. The molecule has 5 rings (SSSR count). The van der Waals surface area contributed by atoms with Crippen LogP contribution in [0, 0.1) is 13.8 Å². The Morgan fingerprint density at radius 2 is 1.66 bits per heavy atom. The van der Waals surface area contributed by atoms with Crippen molar-refractivity contribution >= 4 is 29.0 Å². The summed E-state index contributed by atoms with van der Waals surface area (Å²) in [6.45, 7) is 7.99. The van der Waals surface area contributed by atoms with Gasteiger partial charge in [0.05, 0.1) is 47.9 Å². The molecule has 4 aromatic rings. The monoisotopic (exact) mass is 512 g/mol. The molecule has 1 fully saturated rings. The van der Waals surface area contributed by atoms with Crippen LogP contribution in [0.3, 0.4) is 0 Å². The molecule has 0 bridgehead atoms. The minimum Gasteiger partial charge on any atom is -0.319 e. The average Bonchev–Trinajstić information content (AvgIpc) is 3.66. The molecular formula is C28H32N8O2. The summed E-state index contributed by atoms with van der Waals surface area (Å²) >= 11 is 0. The predicted molar refractivity (Wildman–Crippen MR) is 148 cm³/mol. The maximum atomic E-state index is 13.0. The highest BCUT2D eigenvalue weighted by Crippen LogP contribution is 2.18. The van der Waals surface area contributed by atoms with Gasteiger partial charge in [0.25, 0.3) is 5.91 Å². The first kappa shape index (κ1) is 25.2. The van der Waals surface area contributed by atoms with Crippen molar-refractivity contribution in [3.63, 3.8) is 0 Å². The summed E-state index contributed by atoms with van der Waals surface area (Å²) in [4.78, 5) is 27.8. The highest BCUT2D eigenvalue weighted by molar-refractivity contribution is 6.04. The molecule has 1 saturated heterocycles. The van der Waals surface area contributed by atoms with E-state index in [0.29, 0.717) is 28.3 Å². The molecule has 0 saturated carbocycles. The van der Waals surface area contributed by atoms with Gasteiger partial charge in [0.15, 0.2) is 0 Å². The van der Waals surface area contributed by atoms with Crippen molar-refractivity contribution in [1.29, 1.82) is 0 Å². The number of nitrogens with zero attached hydrogens (tertiary/aromatic N) is 5. The summed E-state index contributed by atoms with van der Waals surface area (Å²) in [5.74, 6) is -0.225. The van der Waals surface area contributed by atoms with Crippen molar-refractivity contribution in [3.05, 3.63) is 83.9 Å². The number of rotatable bonds is 8. The normalized spacial score (nSPS) is 13.4. The Kier molecular flexibility index (Phi) is 7.50. The standard InChI is InChI=1S/C28H32N8O2/c1-20-7-5-9-23(15-20)31-28(38)32-24-17-29-36(19-24)25-10-6-8-22(16-25)27(37)33-26-18-30-35(21(26)2)14-13-34-11-3-4-12-34/h5-10,15-19H,3-4,11-14H2,1-2H3,(H,33,37)(H2,31,32,38). The van der Waals surface area contributed by atoms with E-state index in [1.807, 2.05) is 48.9 Å². The number of benzene rings is 2. The highest BCUT2D eigenvalue weighted by Gasteiger charge is 2.15. The Morgan fingerprint density at radius 1 is 0.868 bits per heavy atom. The van der Waals surface area contributed by atoms with E-state index in [1.165, 1.54) is 12.8 Å². The Bertz CT molecular complexity index is 1430. The van der Waals surface area contributed by atoms with E-state index >= 15 is 0 Å². The van der Waals surface area contributed by atoms with Gasteiger partial charge in [-0.2, -0.15) is 10.2 Å². The highest BCUT2D eigenvalue weighted by atomic mass is 16.2. The fraction of sp³-hybridized carbons (Fsp3) is 0.286. The van der Waals surface area contributed by atoms with Gasteiger partial charge in [-0.05, 0) is 75.7 Å². The van der Waals surface area contributed by atoms with Crippen molar-refractivity contribution in [2.45, 2.75) is 33.2 Å². The Labute approximate surface area is 221 Å². The molecule has 0 atom stereocenters. The number of likely N-dealkylation sites (tertiary alicyclic amines) is 1. The Hall–Kier alpha value is -4.44. The van der Waals surface area contributed by atoms with Gasteiger partial charge in [-0.15, -0.1) is 0 Å². The largest absolute Gasteiger partial charge is 0.323 e. The van der Waals surface area contributed by atoms with E-state index < -0.39 is 0 Å². The minimum atomic E-state index is -0.361. The van der Waals surface area contributed by atoms with Gasteiger partial charge in [-0.1, -0.05) is 18.2 Å². The summed E-state index contributed by atoms with van der Waals surface area (Å²) < 4.78 is 3.55. The van der Waals surface area contributed by atoms with Crippen molar-refractivity contribution in [2.24, 2.45) is 0 Å². The van der Waals surface area contributed by atoms with Crippen LogP contribution in [-0.4, -0.2) is 56.0 Å². The van der Waals surface area contributed by atoms with Gasteiger partial charge in [-0.25, -0.2) is 9.48 Å². The molecule has 3 amide bonds. The van der Waals surface area contributed by atoms with Crippen molar-refractivity contribution < 1.29 is 9.59 Å². The smallest absolute Gasteiger partial charge is 0.319 e. The molecule has 2 aromatic heterocycles. The van der Waals surface area contributed by atoms with E-state index in [-0.39, 0.29) is 11.9 Å². The average molecular weight is 513 g/mol. The van der Waals surface area contributed by atoms with Crippen LogP contribution < -0.4 is 16.0 Å². The van der Waals surface area contributed by atoms with Gasteiger partial charge in [-0.3, -0.25) is 9.48 Å². The van der Waals surface area contributed by atoms with Gasteiger partial charge < -0.3 is 20.9 Å². The number of aromatic nitrogens is 4. The summed E-state index contributed by atoms with van der Waals surface area (Å²) in [6.07, 6.45) is 7.48. The van der Waals surface area contributed by atoms with E-state index in [9.17, 15) is 9.59 Å². The zero-order valence-corrected chi connectivity index (χ0v) is 21.6. The molecule has 1 aliphatic heterocycles. The molecule has 3 N–H and O–H groups in total. The molecule has 10 heteroatoms. The SMILES string of the molecule is Cc1cccc(NC(=O)Nc2cnn(-c3cccc(C(=O)Nc4cnn(CCN5CCCC5)c4C)c3)c2)c1. The van der Waals surface area contributed by atoms with E-state index in [0.717, 1.165) is 37.4 Å². The number of hydrogen-bond acceptors (Lipinski definition) is 5. The lowest BCUT2D eigenvalue weighted by Crippen LogP contribution is -2.24. The second kappa shape index (κ2) is 11.3. The van der Waals surface area contributed by atoms with Crippen molar-refractivity contribution in [1.82, 2.24) is 24.5 Å². The Balaban J connectivity index is 1.20. The number of carbonyl (C=O) groups excluding carboxylic acids is 2. The zero-order chi connectivity index (χ0) is 26.5. The van der Waals surface area contributed by atoms with Crippen molar-refractivity contribution in [3.8, 4) is 5.69 Å². The van der Waals surface area contributed by atoms with E-state index in [1.54, 1.807) is 41.5 Å². The number of anilines is 3. The second-order valence-electron chi connectivity index (χ2n) is 9.54. The molecule has 0 radical (unpaired) electrons. The maximum Gasteiger partial charge on any atom is 0.323 e.